The molecule has 82 valence electrons. The number of fused-ring (bicyclic) bond motifs is 1. The third-order valence-electron chi connectivity index (χ3n) is 2.09. The van der Waals surface area contributed by atoms with Crippen molar-refractivity contribution < 1.29 is 9.90 Å². The van der Waals surface area contributed by atoms with Gasteiger partial charge < -0.3 is 5.11 Å². The first kappa shape index (κ1) is 10.6. The molecule has 0 atom stereocenters. The lowest BCUT2D eigenvalue weighted by molar-refractivity contribution is -0.137. The van der Waals surface area contributed by atoms with Crippen LogP contribution in [0.3, 0.4) is 0 Å². The summed E-state index contributed by atoms with van der Waals surface area (Å²) < 4.78 is 1.03. The first-order chi connectivity index (χ1) is 7.58. The molecule has 0 amide bonds. The Labute approximate surface area is 94.9 Å². The van der Waals surface area contributed by atoms with Crippen LogP contribution in [0.5, 0.6) is 0 Å². The minimum Gasteiger partial charge on any atom is -0.480 e. The van der Waals surface area contributed by atoms with Gasteiger partial charge in [-0.1, -0.05) is 11.6 Å². The van der Waals surface area contributed by atoms with E-state index in [4.69, 9.17) is 16.7 Å². The fourth-order valence-corrected chi connectivity index (χ4v) is 1.56. The van der Waals surface area contributed by atoms with E-state index in [2.05, 4.69) is 4.98 Å². The summed E-state index contributed by atoms with van der Waals surface area (Å²) in [5.74, 6) is -1.09. The Morgan fingerprint density at radius 2 is 2.25 bits per heavy atom. The molecular formula is C10H7ClN2O3. The summed E-state index contributed by atoms with van der Waals surface area (Å²) in [5, 5.41) is 9.34. The normalized spacial score (nSPS) is 10.6. The zero-order valence-electron chi connectivity index (χ0n) is 8.05. The lowest BCUT2D eigenvalue weighted by Crippen LogP contribution is -2.24. The van der Waals surface area contributed by atoms with Crippen LogP contribution in [-0.4, -0.2) is 20.6 Å². The molecule has 0 bridgehead atoms. The quantitative estimate of drug-likeness (QED) is 0.851. The monoisotopic (exact) mass is 238 g/mol. The SMILES string of the molecule is O=C(O)Cn1cnc2ccc(Cl)cc2c1=O. The second kappa shape index (κ2) is 3.94. The van der Waals surface area contributed by atoms with Crippen LogP contribution in [0.15, 0.2) is 29.3 Å². The first-order valence-electron chi connectivity index (χ1n) is 4.44. The van der Waals surface area contributed by atoms with Gasteiger partial charge in [-0.3, -0.25) is 14.2 Å². The van der Waals surface area contributed by atoms with Crippen LogP contribution in [0, 0.1) is 0 Å². The molecule has 2 aromatic rings. The summed E-state index contributed by atoms with van der Waals surface area (Å²) in [5.41, 5.74) is 0.0888. The van der Waals surface area contributed by atoms with E-state index < -0.39 is 18.1 Å². The van der Waals surface area contributed by atoms with Gasteiger partial charge >= 0.3 is 5.97 Å². The van der Waals surface area contributed by atoms with Gasteiger partial charge in [0.25, 0.3) is 5.56 Å². The van der Waals surface area contributed by atoms with Crippen molar-refractivity contribution in [2.24, 2.45) is 0 Å². The molecule has 0 fully saturated rings. The lowest BCUT2D eigenvalue weighted by atomic mass is 10.2. The van der Waals surface area contributed by atoms with Gasteiger partial charge in [-0.2, -0.15) is 0 Å². The van der Waals surface area contributed by atoms with E-state index in [0.29, 0.717) is 15.9 Å². The van der Waals surface area contributed by atoms with Gasteiger partial charge in [0, 0.05) is 5.02 Å². The highest BCUT2D eigenvalue weighted by Gasteiger charge is 2.06. The Morgan fingerprint density at radius 3 is 2.94 bits per heavy atom. The van der Waals surface area contributed by atoms with Crippen molar-refractivity contribution in [3.8, 4) is 0 Å². The van der Waals surface area contributed by atoms with Crippen LogP contribution in [-0.2, 0) is 11.3 Å². The number of carboxylic acids is 1. The summed E-state index contributed by atoms with van der Waals surface area (Å²) in [6, 6.07) is 4.71. The van der Waals surface area contributed by atoms with Crippen molar-refractivity contribution in [1.29, 1.82) is 0 Å². The average Bonchev–Trinajstić information content (AvgIpc) is 2.22. The van der Waals surface area contributed by atoms with Crippen LogP contribution in [0.1, 0.15) is 0 Å². The molecule has 1 N–H and O–H groups in total. The molecule has 0 aliphatic carbocycles. The summed E-state index contributed by atoms with van der Waals surface area (Å²) in [6.45, 7) is -0.408. The van der Waals surface area contributed by atoms with E-state index in [0.717, 1.165) is 4.57 Å². The Hall–Kier alpha value is -1.88. The third kappa shape index (κ3) is 1.90. The molecular weight excluding hydrogens is 232 g/mol. The lowest BCUT2D eigenvalue weighted by Gasteiger charge is -2.03. The molecule has 0 aliphatic rings. The third-order valence-corrected chi connectivity index (χ3v) is 2.33. The molecule has 16 heavy (non-hydrogen) atoms. The maximum atomic E-state index is 11.8. The fourth-order valence-electron chi connectivity index (χ4n) is 1.39. The van der Waals surface area contributed by atoms with Crippen LogP contribution in [0.25, 0.3) is 10.9 Å². The Bertz CT molecular complexity index is 621. The van der Waals surface area contributed by atoms with Crippen molar-refractivity contribution in [3.63, 3.8) is 0 Å². The summed E-state index contributed by atoms with van der Waals surface area (Å²) in [4.78, 5) is 26.3. The van der Waals surface area contributed by atoms with Crippen LogP contribution in [0.4, 0.5) is 0 Å². The highest BCUT2D eigenvalue weighted by atomic mass is 35.5. The minimum atomic E-state index is -1.09. The van der Waals surface area contributed by atoms with E-state index in [-0.39, 0.29) is 0 Å². The van der Waals surface area contributed by atoms with E-state index in [9.17, 15) is 9.59 Å². The van der Waals surface area contributed by atoms with E-state index in [1.807, 2.05) is 0 Å². The summed E-state index contributed by atoms with van der Waals surface area (Å²) >= 11 is 5.76. The number of aromatic nitrogens is 2. The van der Waals surface area contributed by atoms with Crippen molar-refractivity contribution in [1.82, 2.24) is 9.55 Å². The van der Waals surface area contributed by atoms with E-state index in [1.165, 1.54) is 12.4 Å². The van der Waals surface area contributed by atoms with Crippen molar-refractivity contribution >= 4 is 28.5 Å². The largest absolute Gasteiger partial charge is 0.480 e. The van der Waals surface area contributed by atoms with Crippen LogP contribution in [0.2, 0.25) is 5.02 Å². The predicted octanol–water partition coefficient (Wildman–Crippen LogP) is 1.13. The number of carbonyl (C=O) groups is 1. The Kier molecular flexibility index (Phi) is 2.62. The number of benzene rings is 1. The van der Waals surface area contributed by atoms with Gasteiger partial charge in [-0.05, 0) is 18.2 Å². The highest BCUT2D eigenvalue weighted by Crippen LogP contribution is 2.13. The summed E-state index contributed by atoms with van der Waals surface area (Å²) in [6.07, 6.45) is 1.21. The number of carboxylic acid groups (broad SMARTS) is 1. The van der Waals surface area contributed by atoms with Crippen molar-refractivity contribution in [3.05, 3.63) is 39.9 Å². The molecule has 1 aromatic carbocycles. The zero-order chi connectivity index (χ0) is 11.7. The van der Waals surface area contributed by atoms with Gasteiger partial charge in [0.15, 0.2) is 0 Å². The maximum absolute atomic E-state index is 11.8. The smallest absolute Gasteiger partial charge is 0.323 e. The number of rotatable bonds is 2. The number of nitrogens with zero attached hydrogens (tertiary/aromatic N) is 2. The standard InChI is InChI=1S/C10H7ClN2O3/c11-6-1-2-8-7(3-6)10(16)13(5-12-8)4-9(14)15/h1-3,5H,4H2,(H,14,15). The second-order valence-corrected chi connectivity index (χ2v) is 3.67. The molecule has 0 saturated carbocycles. The molecule has 1 aromatic heterocycles. The number of halogens is 1. The molecule has 2 rings (SSSR count). The highest BCUT2D eigenvalue weighted by molar-refractivity contribution is 6.31. The first-order valence-corrected chi connectivity index (χ1v) is 4.82. The minimum absolute atomic E-state index is 0.316. The number of hydrogen-bond donors (Lipinski definition) is 1. The van der Waals surface area contributed by atoms with Crippen LogP contribution >= 0.6 is 11.6 Å². The van der Waals surface area contributed by atoms with Gasteiger partial charge in [0.2, 0.25) is 0 Å². The van der Waals surface area contributed by atoms with Crippen LogP contribution < -0.4 is 5.56 Å². The van der Waals surface area contributed by atoms with Gasteiger partial charge in [0.1, 0.15) is 6.54 Å². The molecule has 6 heteroatoms. The molecule has 0 aliphatic heterocycles. The molecule has 0 saturated heterocycles. The van der Waals surface area contributed by atoms with E-state index >= 15 is 0 Å². The Balaban J connectivity index is 2.68. The molecule has 0 unspecified atom stereocenters. The molecule has 1 heterocycles. The average molecular weight is 239 g/mol. The predicted molar refractivity (Wildman–Crippen MR) is 58.6 cm³/mol. The topological polar surface area (TPSA) is 72.2 Å². The maximum Gasteiger partial charge on any atom is 0.323 e. The molecule has 0 spiro atoms. The second-order valence-electron chi connectivity index (χ2n) is 3.23. The zero-order valence-corrected chi connectivity index (χ0v) is 8.81. The van der Waals surface area contributed by atoms with Crippen molar-refractivity contribution in [2.45, 2.75) is 6.54 Å². The van der Waals surface area contributed by atoms with Gasteiger partial charge in [0.05, 0.1) is 17.2 Å². The van der Waals surface area contributed by atoms with Gasteiger partial charge in [-0.15, -0.1) is 0 Å². The summed E-state index contributed by atoms with van der Waals surface area (Å²) in [7, 11) is 0. The Morgan fingerprint density at radius 1 is 1.50 bits per heavy atom. The van der Waals surface area contributed by atoms with E-state index in [1.54, 1.807) is 12.1 Å². The number of aliphatic carboxylic acids is 1. The number of hydrogen-bond acceptors (Lipinski definition) is 3. The van der Waals surface area contributed by atoms with Crippen molar-refractivity contribution in [2.75, 3.05) is 0 Å². The van der Waals surface area contributed by atoms with Gasteiger partial charge in [-0.25, -0.2) is 4.98 Å². The molecule has 0 radical (unpaired) electrons. The fraction of sp³-hybridized carbons (Fsp3) is 0.100. The molecule has 5 nitrogen and oxygen atoms in total.